The molecule has 1 heterocycles. The summed E-state index contributed by atoms with van der Waals surface area (Å²) in [6.45, 7) is 4.42. The van der Waals surface area contributed by atoms with Crippen LogP contribution >= 0.6 is 0 Å². The van der Waals surface area contributed by atoms with Crippen molar-refractivity contribution in [3.05, 3.63) is 42.2 Å². The Kier molecular flexibility index (Phi) is 3.52. The van der Waals surface area contributed by atoms with E-state index < -0.39 is 0 Å². The van der Waals surface area contributed by atoms with Crippen LogP contribution in [0.25, 0.3) is 10.8 Å². The third-order valence-electron chi connectivity index (χ3n) is 4.32. The number of hydrogen-bond acceptors (Lipinski definition) is 2. The molecule has 1 aliphatic rings. The van der Waals surface area contributed by atoms with Gasteiger partial charge in [-0.05, 0) is 41.7 Å². The third-order valence-corrected chi connectivity index (χ3v) is 4.32. The SMILES string of the molecule is CCCC1(CNCc2cccc3cnccc23)CC1. The molecule has 1 N–H and O–H groups in total. The summed E-state index contributed by atoms with van der Waals surface area (Å²) in [7, 11) is 0. The number of pyridine rings is 1. The molecule has 2 heteroatoms. The smallest absolute Gasteiger partial charge is 0.0346 e. The van der Waals surface area contributed by atoms with Gasteiger partial charge in [0.25, 0.3) is 0 Å². The van der Waals surface area contributed by atoms with Gasteiger partial charge in [-0.2, -0.15) is 0 Å². The predicted molar refractivity (Wildman–Crippen MR) is 80.0 cm³/mol. The maximum absolute atomic E-state index is 4.19. The zero-order valence-electron chi connectivity index (χ0n) is 11.7. The summed E-state index contributed by atoms with van der Waals surface area (Å²) in [4.78, 5) is 4.19. The molecule has 2 aromatic rings. The van der Waals surface area contributed by atoms with Gasteiger partial charge < -0.3 is 5.32 Å². The van der Waals surface area contributed by atoms with Crippen LogP contribution in [0.3, 0.4) is 0 Å². The molecular weight excluding hydrogens is 232 g/mol. The number of aromatic nitrogens is 1. The van der Waals surface area contributed by atoms with Gasteiger partial charge in [0.2, 0.25) is 0 Å². The molecule has 1 saturated carbocycles. The highest BCUT2D eigenvalue weighted by atomic mass is 14.9. The summed E-state index contributed by atoms with van der Waals surface area (Å²) in [6, 6.07) is 8.59. The van der Waals surface area contributed by atoms with Gasteiger partial charge in [0, 0.05) is 30.9 Å². The highest BCUT2D eigenvalue weighted by molar-refractivity contribution is 5.84. The standard InChI is InChI=1S/C17H22N2/c1-2-7-17(8-9-17)13-19-12-15-5-3-4-14-11-18-10-6-16(14)15/h3-6,10-11,19H,2,7-9,12-13H2,1H3. The van der Waals surface area contributed by atoms with Crippen LogP contribution in [0.2, 0.25) is 0 Å². The monoisotopic (exact) mass is 254 g/mol. The first-order valence-electron chi connectivity index (χ1n) is 7.35. The fraction of sp³-hybridized carbons (Fsp3) is 0.471. The first-order valence-corrected chi connectivity index (χ1v) is 7.35. The lowest BCUT2D eigenvalue weighted by molar-refractivity contribution is 0.421. The van der Waals surface area contributed by atoms with Gasteiger partial charge in [0.05, 0.1) is 0 Å². The normalized spacial score (nSPS) is 16.7. The van der Waals surface area contributed by atoms with Crippen molar-refractivity contribution in [2.75, 3.05) is 6.54 Å². The molecule has 0 aliphatic heterocycles. The fourth-order valence-electron chi connectivity index (χ4n) is 3.03. The molecule has 1 aromatic carbocycles. The Bertz CT molecular complexity index is 553. The molecule has 1 aromatic heterocycles. The van der Waals surface area contributed by atoms with Gasteiger partial charge in [0.15, 0.2) is 0 Å². The topological polar surface area (TPSA) is 24.9 Å². The number of fused-ring (bicyclic) bond motifs is 1. The molecule has 0 atom stereocenters. The summed E-state index contributed by atoms with van der Waals surface area (Å²) < 4.78 is 0. The van der Waals surface area contributed by atoms with E-state index in [4.69, 9.17) is 0 Å². The Balaban J connectivity index is 1.66. The number of benzene rings is 1. The molecule has 100 valence electrons. The van der Waals surface area contributed by atoms with Crippen LogP contribution < -0.4 is 5.32 Å². The van der Waals surface area contributed by atoms with E-state index in [0.717, 1.165) is 6.54 Å². The average molecular weight is 254 g/mol. The molecule has 0 unspecified atom stereocenters. The Morgan fingerprint density at radius 3 is 2.95 bits per heavy atom. The molecule has 0 spiro atoms. The maximum Gasteiger partial charge on any atom is 0.0346 e. The van der Waals surface area contributed by atoms with E-state index in [1.165, 1.54) is 48.6 Å². The van der Waals surface area contributed by atoms with E-state index in [1.807, 2.05) is 12.4 Å². The van der Waals surface area contributed by atoms with Crippen molar-refractivity contribution < 1.29 is 0 Å². The molecule has 2 nitrogen and oxygen atoms in total. The zero-order chi connectivity index (χ0) is 13.1. The first-order chi connectivity index (χ1) is 9.33. The van der Waals surface area contributed by atoms with Gasteiger partial charge in [-0.25, -0.2) is 0 Å². The van der Waals surface area contributed by atoms with E-state index >= 15 is 0 Å². The minimum Gasteiger partial charge on any atom is -0.312 e. The molecule has 0 saturated heterocycles. The summed E-state index contributed by atoms with van der Waals surface area (Å²) >= 11 is 0. The summed E-state index contributed by atoms with van der Waals surface area (Å²) in [5.74, 6) is 0. The van der Waals surface area contributed by atoms with Crippen molar-refractivity contribution in [2.45, 2.75) is 39.2 Å². The van der Waals surface area contributed by atoms with Crippen LogP contribution in [-0.4, -0.2) is 11.5 Å². The summed E-state index contributed by atoms with van der Waals surface area (Å²) in [5.41, 5.74) is 2.01. The molecule has 19 heavy (non-hydrogen) atoms. The van der Waals surface area contributed by atoms with E-state index in [0.29, 0.717) is 5.41 Å². The van der Waals surface area contributed by atoms with Gasteiger partial charge in [0.1, 0.15) is 0 Å². The highest BCUT2D eigenvalue weighted by Crippen LogP contribution is 2.48. The van der Waals surface area contributed by atoms with Gasteiger partial charge >= 0.3 is 0 Å². The molecule has 1 aliphatic carbocycles. The van der Waals surface area contributed by atoms with Crippen molar-refractivity contribution in [2.24, 2.45) is 5.41 Å². The lowest BCUT2D eigenvalue weighted by Crippen LogP contribution is -2.23. The van der Waals surface area contributed by atoms with Crippen molar-refractivity contribution >= 4 is 10.8 Å². The fourth-order valence-corrected chi connectivity index (χ4v) is 3.03. The second-order valence-electron chi connectivity index (χ2n) is 5.87. The number of nitrogens with one attached hydrogen (secondary N) is 1. The van der Waals surface area contributed by atoms with Crippen molar-refractivity contribution in [1.82, 2.24) is 10.3 Å². The molecule has 3 rings (SSSR count). The lowest BCUT2D eigenvalue weighted by atomic mass is 10.0. The zero-order valence-corrected chi connectivity index (χ0v) is 11.7. The molecule has 0 bridgehead atoms. The van der Waals surface area contributed by atoms with Gasteiger partial charge in [-0.3, -0.25) is 4.98 Å². The van der Waals surface area contributed by atoms with Crippen LogP contribution in [0.4, 0.5) is 0 Å². The largest absolute Gasteiger partial charge is 0.312 e. The van der Waals surface area contributed by atoms with Crippen LogP contribution in [0.15, 0.2) is 36.7 Å². The molecule has 1 fully saturated rings. The summed E-state index contributed by atoms with van der Waals surface area (Å²) in [6.07, 6.45) is 9.32. The van der Waals surface area contributed by atoms with E-state index in [-0.39, 0.29) is 0 Å². The van der Waals surface area contributed by atoms with Crippen LogP contribution in [0.5, 0.6) is 0 Å². The Labute approximate surface area is 115 Å². The highest BCUT2D eigenvalue weighted by Gasteiger charge is 2.40. The average Bonchev–Trinajstić information content (AvgIpc) is 3.19. The van der Waals surface area contributed by atoms with Crippen LogP contribution in [0.1, 0.15) is 38.2 Å². The van der Waals surface area contributed by atoms with Crippen molar-refractivity contribution in [1.29, 1.82) is 0 Å². The predicted octanol–water partition coefficient (Wildman–Crippen LogP) is 3.90. The number of nitrogens with zero attached hydrogens (tertiary/aromatic N) is 1. The van der Waals surface area contributed by atoms with Gasteiger partial charge in [-0.15, -0.1) is 0 Å². The minimum absolute atomic E-state index is 0.626. The Morgan fingerprint density at radius 2 is 2.16 bits per heavy atom. The quantitative estimate of drug-likeness (QED) is 0.845. The Hall–Kier alpha value is -1.41. The van der Waals surface area contributed by atoms with Crippen LogP contribution in [0, 0.1) is 5.41 Å². The molecule has 0 radical (unpaired) electrons. The van der Waals surface area contributed by atoms with Crippen LogP contribution in [-0.2, 0) is 6.54 Å². The van der Waals surface area contributed by atoms with E-state index in [1.54, 1.807) is 0 Å². The minimum atomic E-state index is 0.626. The second-order valence-corrected chi connectivity index (χ2v) is 5.87. The molecular formula is C17H22N2. The van der Waals surface area contributed by atoms with Gasteiger partial charge in [-0.1, -0.05) is 31.5 Å². The number of hydrogen-bond donors (Lipinski definition) is 1. The second kappa shape index (κ2) is 5.30. The summed E-state index contributed by atoms with van der Waals surface area (Å²) in [5, 5.41) is 6.22. The van der Waals surface area contributed by atoms with E-state index in [2.05, 4.69) is 41.5 Å². The lowest BCUT2D eigenvalue weighted by Gasteiger charge is -2.15. The maximum atomic E-state index is 4.19. The Morgan fingerprint density at radius 1 is 1.26 bits per heavy atom. The number of rotatable bonds is 6. The van der Waals surface area contributed by atoms with E-state index in [9.17, 15) is 0 Å². The van der Waals surface area contributed by atoms with Crippen molar-refractivity contribution in [3.63, 3.8) is 0 Å². The first kappa shape index (κ1) is 12.6. The van der Waals surface area contributed by atoms with Crippen molar-refractivity contribution in [3.8, 4) is 0 Å². The molecule has 0 amide bonds. The third kappa shape index (κ3) is 2.79.